The van der Waals surface area contributed by atoms with Crippen LogP contribution in [0.15, 0.2) is 70.3 Å². The molecule has 0 saturated carbocycles. The van der Waals surface area contributed by atoms with E-state index >= 15 is 0 Å². The Labute approximate surface area is 144 Å². The van der Waals surface area contributed by atoms with E-state index in [4.69, 9.17) is 11.6 Å². The third-order valence-electron chi connectivity index (χ3n) is 3.90. The maximum Gasteiger partial charge on any atom is 0.351 e. The second kappa shape index (κ2) is 6.92. The third kappa shape index (κ3) is 3.53. The molecule has 1 heterocycles. The van der Waals surface area contributed by atoms with E-state index in [0.29, 0.717) is 4.68 Å². The van der Waals surface area contributed by atoms with Crippen molar-refractivity contribution in [3.63, 3.8) is 0 Å². The Morgan fingerprint density at radius 3 is 2.36 bits per heavy atom. The molecule has 0 amide bonds. The molecule has 6 heteroatoms. The number of nitrogens with two attached hydrogens (primary N) is 2. The van der Waals surface area contributed by atoms with Gasteiger partial charge < -0.3 is 11.6 Å². The Kier molecular flexibility index (Phi) is 4.52. The number of hydrogen-bond acceptors (Lipinski definition) is 4. The van der Waals surface area contributed by atoms with Gasteiger partial charge in [0.25, 0.3) is 5.56 Å². The number of hydrogen-bond donors (Lipinski definition) is 2. The fraction of sp³-hybridized carbons (Fsp3) is 0.0526. The highest BCUT2D eigenvalue weighted by atomic mass is 16.2. The number of aromatic nitrogens is 2. The van der Waals surface area contributed by atoms with Gasteiger partial charge in [-0.1, -0.05) is 66.7 Å². The van der Waals surface area contributed by atoms with E-state index in [9.17, 15) is 9.59 Å². The monoisotopic (exact) mass is 334 g/mol. The summed E-state index contributed by atoms with van der Waals surface area (Å²) in [6.07, 6.45) is 3.97. The SMILES string of the molecule is Nc1cc(=O)n(N)c(=O)n1Cc1ccccc1C=Cc1ccccc1. The Morgan fingerprint density at radius 2 is 1.60 bits per heavy atom. The largest absolute Gasteiger partial charge is 0.385 e. The predicted octanol–water partition coefficient (Wildman–Crippen LogP) is 1.52. The molecule has 0 unspecified atom stereocenters. The normalized spacial score (nSPS) is 11.0. The first-order valence-electron chi connectivity index (χ1n) is 7.75. The second-order valence-corrected chi connectivity index (χ2v) is 5.59. The summed E-state index contributed by atoms with van der Waals surface area (Å²) in [5.41, 5.74) is 7.47. The van der Waals surface area contributed by atoms with Crippen LogP contribution in [-0.4, -0.2) is 9.24 Å². The topological polar surface area (TPSA) is 96.0 Å². The molecule has 3 rings (SSSR count). The van der Waals surface area contributed by atoms with E-state index in [1.54, 1.807) is 0 Å². The fourth-order valence-corrected chi connectivity index (χ4v) is 2.53. The molecule has 6 nitrogen and oxygen atoms in total. The summed E-state index contributed by atoms with van der Waals surface area (Å²) < 4.78 is 1.83. The molecule has 0 spiro atoms. The molecular formula is C19H18N4O2. The van der Waals surface area contributed by atoms with Gasteiger partial charge >= 0.3 is 5.69 Å². The van der Waals surface area contributed by atoms with E-state index in [0.717, 1.165) is 22.8 Å². The van der Waals surface area contributed by atoms with Crippen LogP contribution in [-0.2, 0) is 6.54 Å². The highest BCUT2D eigenvalue weighted by molar-refractivity contribution is 5.71. The summed E-state index contributed by atoms with van der Waals surface area (Å²) in [5, 5.41) is 0. The van der Waals surface area contributed by atoms with Gasteiger partial charge in [-0.05, 0) is 16.7 Å². The third-order valence-corrected chi connectivity index (χ3v) is 3.90. The average molecular weight is 334 g/mol. The van der Waals surface area contributed by atoms with Crippen LogP contribution in [0.5, 0.6) is 0 Å². The number of anilines is 1. The Bertz CT molecular complexity index is 1030. The number of nitrogen functional groups attached to an aromatic ring is 2. The van der Waals surface area contributed by atoms with Crippen molar-refractivity contribution in [2.24, 2.45) is 0 Å². The van der Waals surface area contributed by atoms with E-state index < -0.39 is 11.2 Å². The molecular weight excluding hydrogens is 316 g/mol. The molecule has 0 atom stereocenters. The zero-order valence-electron chi connectivity index (χ0n) is 13.5. The van der Waals surface area contributed by atoms with Crippen molar-refractivity contribution < 1.29 is 0 Å². The van der Waals surface area contributed by atoms with Crippen molar-refractivity contribution in [2.75, 3.05) is 11.6 Å². The lowest BCUT2D eigenvalue weighted by molar-refractivity contribution is 0.677. The molecule has 3 aromatic rings. The molecule has 0 bridgehead atoms. The van der Waals surface area contributed by atoms with Crippen LogP contribution in [0, 0.1) is 0 Å². The van der Waals surface area contributed by atoms with Gasteiger partial charge in [0.1, 0.15) is 5.82 Å². The van der Waals surface area contributed by atoms with Crippen molar-refractivity contribution in [3.8, 4) is 0 Å². The van der Waals surface area contributed by atoms with Gasteiger partial charge in [-0.25, -0.2) is 4.79 Å². The molecule has 4 N–H and O–H groups in total. The molecule has 0 fully saturated rings. The molecule has 25 heavy (non-hydrogen) atoms. The molecule has 0 aliphatic rings. The van der Waals surface area contributed by atoms with Crippen molar-refractivity contribution in [1.82, 2.24) is 9.24 Å². The molecule has 0 saturated heterocycles. The minimum Gasteiger partial charge on any atom is -0.385 e. The zero-order valence-corrected chi connectivity index (χ0v) is 13.5. The summed E-state index contributed by atoms with van der Waals surface area (Å²) in [4.78, 5) is 23.7. The second-order valence-electron chi connectivity index (χ2n) is 5.59. The molecule has 0 aliphatic heterocycles. The smallest absolute Gasteiger partial charge is 0.351 e. The Balaban J connectivity index is 1.98. The van der Waals surface area contributed by atoms with Crippen molar-refractivity contribution in [2.45, 2.75) is 6.54 Å². The first-order chi connectivity index (χ1) is 12.1. The van der Waals surface area contributed by atoms with E-state index in [-0.39, 0.29) is 12.4 Å². The first kappa shape index (κ1) is 16.3. The zero-order chi connectivity index (χ0) is 17.8. The van der Waals surface area contributed by atoms with Crippen molar-refractivity contribution in [3.05, 3.63) is 98.2 Å². The Morgan fingerprint density at radius 1 is 0.920 bits per heavy atom. The molecule has 1 aromatic heterocycles. The highest BCUT2D eigenvalue weighted by Crippen LogP contribution is 2.15. The Hall–Kier alpha value is -3.54. The van der Waals surface area contributed by atoms with Gasteiger partial charge in [-0.15, -0.1) is 0 Å². The lowest BCUT2D eigenvalue weighted by atomic mass is 10.1. The van der Waals surface area contributed by atoms with Crippen LogP contribution in [0.1, 0.15) is 16.7 Å². The van der Waals surface area contributed by atoms with Crippen molar-refractivity contribution in [1.29, 1.82) is 0 Å². The van der Waals surface area contributed by atoms with Gasteiger partial charge in [0, 0.05) is 6.07 Å². The van der Waals surface area contributed by atoms with Crippen LogP contribution >= 0.6 is 0 Å². The maximum atomic E-state index is 12.2. The fourth-order valence-electron chi connectivity index (χ4n) is 2.53. The summed E-state index contributed by atoms with van der Waals surface area (Å²) in [5.74, 6) is 5.56. The summed E-state index contributed by atoms with van der Waals surface area (Å²) in [6, 6.07) is 18.7. The van der Waals surface area contributed by atoms with Gasteiger partial charge in [0.15, 0.2) is 0 Å². The molecule has 0 aliphatic carbocycles. The first-order valence-corrected chi connectivity index (χ1v) is 7.75. The summed E-state index contributed by atoms with van der Waals surface area (Å²) in [6.45, 7) is 0.220. The van der Waals surface area contributed by atoms with E-state index in [1.807, 2.05) is 66.7 Å². The highest BCUT2D eigenvalue weighted by Gasteiger charge is 2.09. The lowest BCUT2D eigenvalue weighted by Crippen LogP contribution is -2.45. The van der Waals surface area contributed by atoms with E-state index in [2.05, 4.69) is 0 Å². The molecule has 2 aromatic carbocycles. The summed E-state index contributed by atoms with van der Waals surface area (Å²) in [7, 11) is 0. The summed E-state index contributed by atoms with van der Waals surface area (Å²) >= 11 is 0. The minimum absolute atomic E-state index is 0.0820. The van der Waals surface area contributed by atoms with Crippen LogP contribution in [0.25, 0.3) is 12.2 Å². The minimum atomic E-state index is -0.646. The average Bonchev–Trinajstić information content (AvgIpc) is 2.63. The predicted molar refractivity (Wildman–Crippen MR) is 100 cm³/mol. The van der Waals surface area contributed by atoms with Crippen LogP contribution in [0.3, 0.4) is 0 Å². The van der Waals surface area contributed by atoms with Crippen LogP contribution in [0.2, 0.25) is 0 Å². The van der Waals surface area contributed by atoms with Gasteiger partial charge in [0.2, 0.25) is 0 Å². The lowest BCUT2D eigenvalue weighted by Gasteiger charge is -2.12. The van der Waals surface area contributed by atoms with Gasteiger partial charge in [0.05, 0.1) is 6.54 Å². The standard InChI is InChI=1S/C19H18N4O2/c20-17-12-18(24)23(21)19(25)22(17)13-16-9-5-4-8-15(16)11-10-14-6-2-1-3-7-14/h1-12H,13,20-21H2. The molecule has 0 radical (unpaired) electrons. The maximum absolute atomic E-state index is 12.2. The number of nitrogens with zero attached hydrogens (tertiary/aromatic N) is 2. The van der Waals surface area contributed by atoms with Crippen molar-refractivity contribution >= 4 is 18.0 Å². The van der Waals surface area contributed by atoms with E-state index in [1.165, 1.54) is 4.57 Å². The number of benzene rings is 2. The quantitative estimate of drug-likeness (QED) is 0.558. The van der Waals surface area contributed by atoms with Gasteiger partial charge in [-0.2, -0.15) is 4.68 Å². The van der Waals surface area contributed by atoms with Gasteiger partial charge in [-0.3, -0.25) is 9.36 Å². The number of rotatable bonds is 4. The molecule has 126 valence electrons. The van der Waals surface area contributed by atoms with Crippen LogP contribution in [0.4, 0.5) is 5.82 Å². The van der Waals surface area contributed by atoms with Crippen LogP contribution < -0.4 is 22.8 Å².